The minimum absolute atomic E-state index is 0.0842. The van der Waals surface area contributed by atoms with Gasteiger partial charge in [-0.15, -0.1) is 15.3 Å². The highest BCUT2D eigenvalue weighted by atomic mass is 16.7. The molecule has 7 rings (SSSR count). The van der Waals surface area contributed by atoms with Gasteiger partial charge in [-0.1, -0.05) is 0 Å². The van der Waals surface area contributed by atoms with Gasteiger partial charge in [0.1, 0.15) is 90.5 Å². The Morgan fingerprint density at radius 2 is 0.565 bits per heavy atom. The highest BCUT2D eigenvalue weighted by Crippen LogP contribution is 2.57. The van der Waals surface area contributed by atoms with Gasteiger partial charge in [-0.3, -0.25) is 0 Å². The topological polar surface area (TPSA) is 433 Å². The van der Waals surface area contributed by atoms with Crippen molar-refractivity contribution in [3.05, 3.63) is 72.8 Å². The maximum atomic E-state index is 11.3. The van der Waals surface area contributed by atoms with Gasteiger partial charge in [-0.2, -0.15) is 15.3 Å². The fraction of sp³-hybridized carbons (Fsp3) is 0.429. The highest BCUT2D eigenvalue weighted by molar-refractivity contribution is 5.86. The molecule has 27 heteroatoms. The molecule has 0 bridgehead atoms. The molecule has 0 amide bonds. The summed E-state index contributed by atoms with van der Waals surface area (Å²) in [4.78, 5) is 0. The van der Waals surface area contributed by atoms with Crippen molar-refractivity contribution < 1.29 is 105 Å². The van der Waals surface area contributed by atoms with Gasteiger partial charge < -0.3 is 105 Å². The van der Waals surface area contributed by atoms with E-state index >= 15 is 0 Å². The average Bonchev–Trinajstić information content (AvgIpc) is 3.35. The Labute approximate surface area is 388 Å². The number of azo groups is 3. The van der Waals surface area contributed by atoms with Crippen molar-refractivity contribution in [3.63, 3.8) is 0 Å². The molecule has 3 aliphatic rings. The number of benzene rings is 4. The summed E-state index contributed by atoms with van der Waals surface area (Å²) in [7, 11) is 0. The second kappa shape index (κ2) is 22.1. The molecule has 4 aromatic rings. The van der Waals surface area contributed by atoms with E-state index in [1.807, 2.05) is 0 Å². The number of nitrogens with zero attached hydrogens (tertiary/aromatic N) is 6. The Morgan fingerprint density at radius 3 is 0.783 bits per heavy atom. The first-order chi connectivity index (χ1) is 33.0. The van der Waals surface area contributed by atoms with Gasteiger partial charge in [0.2, 0.25) is 18.9 Å². The van der Waals surface area contributed by atoms with E-state index in [1.54, 1.807) is 0 Å². The van der Waals surface area contributed by atoms with Crippen LogP contribution in [0.1, 0.15) is 0 Å². The van der Waals surface area contributed by atoms with E-state index in [1.165, 1.54) is 72.8 Å². The maximum absolute atomic E-state index is 11.3. The second-order valence-corrected chi connectivity index (χ2v) is 15.6. The quantitative estimate of drug-likeness (QED) is 0.0673. The van der Waals surface area contributed by atoms with Gasteiger partial charge in [-0.05, 0) is 72.8 Å². The Kier molecular flexibility index (Phi) is 16.3. The summed E-state index contributed by atoms with van der Waals surface area (Å²) < 4.78 is 32.9. The summed E-state index contributed by atoms with van der Waals surface area (Å²) in [5.74, 6) is -2.55. The molecule has 0 radical (unpaired) electrons. The van der Waals surface area contributed by atoms with Gasteiger partial charge in [0.25, 0.3) is 0 Å². The Hall–Kier alpha value is -6.12. The predicted molar refractivity (Wildman–Crippen MR) is 226 cm³/mol. The molecule has 27 nitrogen and oxygen atoms in total. The van der Waals surface area contributed by atoms with Gasteiger partial charge in [-0.25, -0.2) is 0 Å². The molecule has 0 saturated carbocycles. The number of rotatable bonds is 15. The molecule has 372 valence electrons. The van der Waals surface area contributed by atoms with Crippen LogP contribution in [0, 0.1) is 0 Å². The number of hydrogen-bond donors (Lipinski definition) is 15. The molecule has 3 fully saturated rings. The fourth-order valence-electron chi connectivity index (χ4n) is 6.95. The van der Waals surface area contributed by atoms with E-state index in [0.717, 1.165) is 0 Å². The van der Waals surface area contributed by atoms with E-state index in [2.05, 4.69) is 30.7 Å². The third kappa shape index (κ3) is 11.2. The van der Waals surface area contributed by atoms with Crippen molar-refractivity contribution in [1.29, 1.82) is 0 Å². The van der Waals surface area contributed by atoms with E-state index in [-0.39, 0.29) is 34.3 Å². The first-order valence-corrected chi connectivity index (χ1v) is 20.8. The highest BCUT2D eigenvalue weighted by Gasteiger charge is 2.47. The van der Waals surface area contributed by atoms with Crippen LogP contribution in [0.2, 0.25) is 0 Å². The summed E-state index contributed by atoms with van der Waals surface area (Å²) >= 11 is 0. The van der Waals surface area contributed by atoms with Crippen LogP contribution in [0.4, 0.5) is 34.1 Å². The minimum Gasteiger partial charge on any atom is -0.504 e. The van der Waals surface area contributed by atoms with Crippen LogP contribution >= 0.6 is 0 Å². The summed E-state index contributed by atoms with van der Waals surface area (Å²) in [5, 5.41) is 178. The molecule has 0 aliphatic carbocycles. The summed E-state index contributed by atoms with van der Waals surface area (Å²) in [6.07, 6.45) is -23.0. The molecular weight excluding hydrogens is 924 g/mol. The van der Waals surface area contributed by atoms with Crippen LogP contribution in [0.5, 0.6) is 34.5 Å². The molecule has 0 aromatic heterocycles. The lowest BCUT2D eigenvalue weighted by molar-refractivity contribution is -0.277. The molecule has 3 heterocycles. The average molecular weight is 973 g/mol. The van der Waals surface area contributed by atoms with Crippen LogP contribution in [0.3, 0.4) is 0 Å². The number of aliphatic hydroxyl groups excluding tert-OH is 12. The Morgan fingerprint density at radius 1 is 0.333 bits per heavy atom. The number of phenolic OH excluding ortho intramolecular Hbond substituents is 3. The molecule has 15 atom stereocenters. The number of aromatic hydroxyl groups is 3. The van der Waals surface area contributed by atoms with Crippen LogP contribution in [-0.2, 0) is 14.2 Å². The first-order valence-electron chi connectivity index (χ1n) is 20.8. The van der Waals surface area contributed by atoms with E-state index < -0.39 is 146 Å². The maximum Gasteiger partial charge on any atom is 0.229 e. The zero-order valence-corrected chi connectivity index (χ0v) is 35.6. The normalized spacial score (nSPS) is 31.9. The molecular formula is C42H48N6O21. The fourth-order valence-corrected chi connectivity index (χ4v) is 6.95. The van der Waals surface area contributed by atoms with E-state index in [9.17, 15) is 76.6 Å². The van der Waals surface area contributed by atoms with Crippen LogP contribution < -0.4 is 14.2 Å². The van der Waals surface area contributed by atoms with Crippen molar-refractivity contribution in [1.82, 2.24) is 0 Å². The molecule has 15 N–H and O–H groups in total. The zero-order valence-electron chi connectivity index (χ0n) is 35.6. The number of hydrogen-bond acceptors (Lipinski definition) is 27. The van der Waals surface area contributed by atoms with Gasteiger partial charge in [0.15, 0.2) is 34.3 Å². The lowest BCUT2D eigenvalue weighted by Gasteiger charge is -2.39. The largest absolute Gasteiger partial charge is 0.504 e. The second-order valence-electron chi connectivity index (χ2n) is 15.6. The summed E-state index contributed by atoms with van der Waals surface area (Å²) in [5.41, 5.74) is -1.76. The van der Waals surface area contributed by atoms with Crippen molar-refractivity contribution in [2.75, 3.05) is 19.8 Å². The zero-order chi connectivity index (χ0) is 49.7. The molecule has 3 aliphatic heterocycles. The predicted octanol–water partition coefficient (Wildman–Crippen LogP) is -0.414. The monoisotopic (exact) mass is 972 g/mol. The summed E-state index contributed by atoms with van der Waals surface area (Å²) in [6.45, 7) is -2.02. The van der Waals surface area contributed by atoms with Crippen LogP contribution in [0.15, 0.2) is 103 Å². The van der Waals surface area contributed by atoms with Crippen LogP contribution in [-0.4, -0.2) is 189 Å². The van der Waals surface area contributed by atoms with E-state index in [4.69, 9.17) is 28.4 Å². The molecule has 0 unspecified atom stereocenters. The minimum atomic E-state index is -1.69. The molecule has 3 saturated heterocycles. The first kappa shape index (κ1) is 50.7. The van der Waals surface area contributed by atoms with Crippen LogP contribution in [0.25, 0.3) is 0 Å². The van der Waals surface area contributed by atoms with Crippen molar-refractivity contribution in [3.8, 4) is 34.5 Å². The SMILES string of the molecule is OC[C@H]1O[C@H](Oc2ccc(N=Nc3c(O)c(N=Nc4ccc(O[C@H]5O[C@H](CO)[C@H](O)[C@H](O)[C@H]5O)cc4)c(O)c(N=Nc4ccc(O[C@H]5O[C@H](CO)[C@H](O)[C@H](O)[C@H]5O)cc4)c3O)cc2)[C@H](O)[C@@H](O)[C@H]1O. The van der Waals surface area contributed by atoms with Crippen molar-refractivity contribution >= 4 is 34.1 Å². The van der Waals surface area contributed by atoms with Gasteiger partial charge in [0, 0.05) is 0 Å². The number of ether oxygens (including phenoxy) is 6. The summed E-state index contributed by atoms with van der Waals surface area (Å²) in [6, 6.07) is 16.3. The van der Waals surface area contributed by atoms with Gasteiger partial charge in [0.05, 0.1) is 36.9 Å². The van der Waals surface area contributed by atoms with Crippen molar-refractivity contribution in [2.45, 2.75) is 92.1 Å². The Bertz CT molecular complexity index is 2140. The lowest BCUT2D eigenvalue weighted by Crippen LogP contribution is -2.60. The van der Waals surface area contributed by atoms with E-state index in [0.29, 0.717) is 0 Å². The standard InChI is InChI=1S/C42H48N6O21/c49-13-22-28(52)34(58)37(61)40(67-22)64-19-7-1-16(2-8-19)43-46-25-31(55)26(47-44-17-3-9-20(10-4-17)65-41-38(62)35(59)29(53)23(14-50)68-41)33(57)27(32(25)56)48-45-18-5-11-21(12-6-18)66-42-39(63)36(60)30(54)24(15-51)69-42/h1-12,22-24,28-30,34-42,49-63H,13-15H2/t22-,23-,24-,28+,29+,30+,34+,35+,36+,37-,38-,39-,40+,41+,42+/m1/s1. The molecule has 69 heavy (non-hydrogen) atoms. The third-order valence-electron chi connectivity index (χ3n) is 11.0. The number of aliphatic hydroxyl groups is 12. The lowest BCUT2D eigenvalue weighted by atomic mass is 9.99. The smallest absolute Gasteiger partial charge is 0.229 e. The molecule has 0 spiro atoms. The third-order valence-corrected chi connectivity index (χ3v) is 11.0. The molecule has 4 aromatic carbocycles. The Balaban J connectivity index is 1.13. The number of phenols is 3. The van der Waals surface area contributed by atoms with Gasteiger partial charge >= 0.3 is 0 Å². The van der Waals surface area contributed by atoms with Crippen molar-refractivity contribution in [2.24, 2.45) is 30.7 Å².